The Kier molecular flexibility index (Phi) is 6.81. The number of amides is 2. The number of hydrogen-bond donors (Lipinski definition) is 2. The van der Waals surface area contributed by atoms with Crippen molar-refractivity contribution in [2.24, 2.45) is 0 Å². The normalized spacial score (nSPS) is 16.8. The number of para-hydroxylation sites is 1. The molecule has 1 aliphatic heterocycles. The number of nitrogens with one attached hydrogen (secondary N) is 2. The van der Waals surface area contributed by atoms with Crippen LogP contribution in [-0.4, -0.2) is 43.7 Å². The first-order valence-electron chi connectivity index (χ1n) is 10.4. The second-order valence-corrected chi connectivity index (χ2v) is 9.97. The van der Waals surface area contributed by atoms with Crippen LogP contribution in [0.4, 0.5) is 5.69 Å². The van der Waals surface area contributed by atoms with Gasteiger partial charge >= 0.3 is 11.8 Å². The maximum absolute atomic E-state index is 13.2. The molecule has 0 radical (unpaired) electrons. The van der Waals surface area contributed by atoms with E-state index in [-0.39, 0.29) is 12.6 Å². The van der Waals surface area contributed by atoms with Gasteiger partial charge < -0.3 is 10.6 Å². The van der Waals surface area contributed by atoms with Crippen molar-refractivity contribution in [3.05, 3.63) is 58.7 Å². The van der Waals surface area contributed by atoms with Gasteiger partial charge in [-0.1, -0.05) is 30.3 Å². The fourth-order valence-corrected chi connectivity index (χ4v) is 5.92. The highest BCUT2D eigenvalue weighted by Gasteiger charge is 2.36. The van der Waals surface area contributed by atoms with E-state index < -0.39 is 21.8 Å². The summed E-state index contributed by atoms with van der Waals surface area (Å²) in [6, 6.07) is 10.6. The zero-order valence-electron chi connectivity index (χ0n) is 18.4. The number of anilines is 1. The first-order valence-corrected chi connectivity index (χ1v) is 11.8. The van der Waals surface area contributed by atoms with Crippen molar-refractivity contribution in [1.82, 2.24) is 9.62 Å². The van der Waals surface area contributed by atoms with Crippen LogP contribution in [0.3, 0.4) is 0 Å². The minimum absolute atomic E-state index is 0.0864. The lowest BCUT2D eigenvalue weighted by Crippen LogP contribution is -2.45. The molecular weight excluding hydrogens is 414 g/mol. The number of hydrogen-bond acceptors (Lipinski definition) is 4. The average Bonchev–Trinajstić information content (AvgIpc) is 3.20. The lowest BCUT2D eigenvalue weighted by molar-refractivity contribution is -0.136. The maximum Gasteiger partial charge on any atom is 0.313 e. The molecule has 2 amide bonds. The van der Waals surface area contributed by atoms with Gasteiger partial charge in [0.15, 0.2) is 0 Å². The Bertz CT molecular complexity index is 1090. The van der Waals surface area contributed by atoms with Gasteiger partial charge in [0.25, 0.3) is 0 Å². The molecule has 2 aromatic rings. The predicted molar refractivity (Wildman–Crippen MR) is 120 cm³/mol. The number of benzene rings is 2. The average molecular weight is 444 g/mol. The summed E-state index contributed by atoms with van der Waals surface area (Å²) >= 11 is 0. The Morgan fingerprint density at radius 2 is 1.68 bits per heavy atom. The molecule has 1 atom stereocenters. The van der Waals surface area contributed by atoms with Crippen LogP contribution in [0.5, 0.6) is 0 Å². The highest BCUT2D eigenvalue weighted by Crippen LogP contribution is 2.28. The highest BCUT2D eigenvalue weighted by atomic mass is 32.2. The molecule has 0 spiro atoms. The van der Waals surface area contributed by atoms with E-state index in [4.69, 9.17) is 0 Å². The predicted octanol–water partition coefficient (Wildman–Crippen LogP) is 2.83. The Morgan fingerprint density at radius 3 is 2.35 bits per heavy atom. The third kappa shape index (κ3) is 4.97. The van der Waals surface area contributed by atoms with Crippen LogP contribution in [0.2, 0.25) is 0 Å². The first kappa shape index (κ1) is 23.0. The smallest absolute Gasteiger partial charge is 0.313 e. The fourth-order valence-electron chi connectivity index (χ4n) is 3.91. The number of nitrogens with zero attached hydrogens (tertiary/aromatic N) is 1. The van der Waals surface area contributed by atoms with E-state index in [2.05, 4.69) is 10.6 Å². The molecule has 8 heteroatoms. The molecule has 1 saturated heterocycles. The summed E-state index contributed by atoms with van der Waals surface area (Å²) < 4.78 is 27.9. The highest BCUT2D eigenvalue weighted by molar-refractivity contribution is 7.89. The number of rotatable bonds is 5. The minimum atomic E-state index is -3.69. The van der Waals surface area contributed by atoms with Gasteiger partial charge in [0.05, 0.1) is 4.90 Å². The zero-order chi connectivity index (χ0) is 22.8. The van der Waals surface area contributed by atoms with E-state index in [0.717, 1.165) is 16.7 Å². The summed E-state index contributed by atoms with van der Waals surface area (Å²) in [6.45, 7) is 7.82. The van der Waals surface area contributed by atoms with E-state index >= 15 is 0 Å². The second kappa shape index (κ2) is 9.20. The summed E-state index contributed by atoms with van der Waals surface area (Å²) in [4.78, 5) is 25.0. The molecule has 0 unspecified atom stereocenters. The molecule has 0 saturated carbocycles. The second-order valence-electron chi connectivity index (χ2n) is 8.11. The van der Waals surface area contributed by atoms with Crippen molar-refractivity contribution < 1.29 is 18.0 Å². The lowest BCUT2D eigenvalue weighted by Gasteiger charge is -2.25. The molecule has 2 aromatic carbocycles. The quantitative estimate of drug-likeness (QED) is 0.695. The Hall–Kier alpha value is -2.71. The van der Waals surface area contributed by atoms with Crippen molar-refractivity contribution in [1.29, 1.82) is 0 Å². The van der Waals surface area contributed by atoms with Gasteiger partial charge in [0.1, 0.15) is 0 Å². The molecule has 1 aliphatic rings. The van der Waals surface area contributed by atoms with Gasteiger partial charge in [0.2, 0.25) is 10.0 Å². The first-order chi connectivity index (χ1) is 14.6. The maximum atomic E-state index is 13.2. The lowest BCUT2D eigenvalue weighted by atomic mass is 10.1. The van der Waals surface area contributed by atoms with Crippen LogP contribution >= 0.6 is 0 Å². The van der Waals surface area contributed by atoms with E-state index in [0.29, 0.717) is 35.5 Å². The molecule has 0 aromatic heterocycles. The van der Waals surface area contributed by atoms with Crippen molar-refractivity contribution in [3.63, 3.8) is 0 Å². The monoisotopic (exact) mass is 443 g/mol. The van der Waals surface area contributed by atoms with Gasteiger partial charge in [-0.15, -0.1) is 0 Å². The standard InChI is InChI=1S/C23H29N3O4S/c1-15-10-11-16(2)20(13-15)31(29,30)26-12-6-9-19(26)14-24-22(27)23(28)25-21-17(3)7-5-8-18(21)4/h5,7-8,10-11,13,19H,6,9,12,14H2,1-4H3,(H,24,27)(H,25,28)/t19-/m0/s1. The van der Waals surface area contributed by atoms with Gasteiger partial charge in [-0.25, -0.2) is 8.42 Å². The van der Waals surface area contributed by atoms with Gasteiger partial charge in [-0.3, -0.25) is 9.59 Å². The molecule has 3 rings (SSSR count). The summed E-state index contributed by atoms with van der Waals surface area (Å²) in [5, 5.41) is 5.26. The SMILES string of the molecule is Cc1ccc(C)c(S(=O)(=O)N2CCC[C@H]2CNC(=O)C(=O)Nc2c(C)cccc2C)c1. The summed E-state index contributed by atoms with van der Waals surface area (Å²) in [5.41, 5.74) is 3.90. The fraction of sp³-hybridized carbons (Fsp3) is 0.391. The molecule has 1 heterocycles. The Balaban J connectivity index is 1.67. The Labute approximate surface area is 183 Å². The van der Waals surface area contributed by atoms with E-state index in [1.54, 1.807) is 19.1 Å². The molecule has 7 nitrogen and oxygen atoms in total. The van der Waals surface area contributed by atoms with Crippen LogP contribution in [0.15, 0.2) is 41.3 Å². The number of aryl methyl sites for hydroxylation is 4. The van der Waals surface area contributed by atoms with Crippen LogP contribution in [0, 0.1) is 27.7 Å². The van der Waals surface area contributed by atoms with Gasteiger partial charge in [-0.2, -0.15) is 4.31 Å². The van der Waals surface area contributed by atoms with E-state index in [1.165, 1.54) is 4.31 Å². The summed E-state index contributed by atoms with van der Waals surface area (Å²) in [7, 11) is -3.69. The van der Waals surface area contributed by atoms with Crippen molar-refractivity contribution in [2.75, 3.05) is 18.4 Å². The third-order valence-electron chi connectivity index (χ3n) is 5.68. The van der Waals surface area contributed by atoms with Crippen LogP contribution < -0.4 is 10.6 Å². The van der Waals surface area contributed by atoms with Crippen molar-refractivity contribution in [3.8, 4) is 0 Å². The number of carbonyl (C=O) groups excluding carboxylic acids is 2. The molecule has 31 heavy (non-hydrogen) atoms. The molecule has 1 fully saturated rings. The van der Waals surface area contributed by atoms with Gasteiger partial charge in [-0.05, 0) is 68.9 Å². The van der Waals surface area contributed by atoms with Crippen LogP contribution in [0.1, 0.15) is 35.1 Å². The zero-order valence-corrected chi connectivity index (χ0v) is 19.2. The van der Waals surface area contributed by atoms with Gasteiger partial charge in [0, 0.05) is 24.8 Å². The topological polar surface area (TPSA) is 95.6 Å². The van der Waals surface area contributed by atoms with Crippen LogP contribution in [-0.2, 0) is 19.6 Å². The summed E-state index contributed by atoms with van der Waals surface area (Å²) in [5.74, 6) is -1.54. The van der Waals surface area contributed by atoms with Crippen molar-refractivity contribution >= 4 is 27.5 Å². The van der Waals surface area contributed by atoms with Crippen molar-refractivity contribution in [2.45, 2.75) is 51.5 Å². The minimum Gasteiger partial charge on any atom is -0.346 e. The third-order valence-corrected chi connectivity index (χ3v) is 7.77. The number of carbonyl (C=O) groups is 2. The number of sulfonamides is 1. The van der Waals surface area contributed by atoms with E-state index in [1.807, 2.05) is 45.0 Å². The van der Waals surface area contributed by atoms with Crippen LogP contribution in [0.25, 0.3) is 0 Å². The Morgan fingerprint density at radius 1 is 1.00 bits per heavy atom. The molecular formula is C23H29N3O4S. The largest absolute Gasteiger partial charge is 0.346 e. The summed E-state index contributed by atoms with van der Waals surface area (Å²) in [6.07, 6.45) is 1.34. The molecule has 2 N–H and O–H groups in total. The molecule has 0 bridgehead atoms. The molecule has 166 valence electrons. The molecule has 0 aliphatic carbocycles. The van der Waals surface area contributed by atoms with E-state index in [9.17, 15) is 18.0 Å².